The Bertz CT molecular complexity index is 345. The largest absolute Gasteiger partial charge is 0.316 e. The normalized spacial score (nSPS) is 14.6. The van der Waals surface area contributed by atoms with E-state index in [4.69, 9.17) is 0 Å². The number of hydrogen-bond donors (Lipinski definition) is 1. The Kier molecular flexibility index (Phi) is 7.11. The molecule has 2 nitrogen and oxygen atoms in total. The third kappa shape index (κ3) is 5.33. The molecule has 0 fully saturated rings. The van der Waals surface area contributed by atoms with Gasteiger partial charge in [-0.15, -0.1) is 0 Å². The van der Waals surface area contributed by atoms with Crippen molar-refractivity contribution in [2.75, 3.05) is 20.1 Å². The van der Waals surface area contributed by atoms with Crippen molar-refractivity contribution in [2.45, 2.75) is 52.6 Å². The van der Waals surface area contributed by atoms with Crippen molar-refractivity contribution in [3.05, 3.63) is 35.4 Å². The number of benzene rings is 1. The highest BCUT2D eigenvalue weighted by Crippen LogP contribution is 2.16. The number of hydrogen-bond acceptors (Lipinski definition) is 2. The summed E-state index contributed by atoms with van der Waals surface area (Å²) >= 11 is 0. The maximum atomic E-state index is 3.41. The lowest BCUT2D eigenvalue weighted by molar-refractivity contribution is 0.244. The van der Waals surface area contributed by atoms with E-state index in [9.17, 15) is 0 Å². The Labute approximate surface area is 119 Å². The first kappa shape index (κ1) is 16.2. The zero-order valence-electron chi connectivity index (χ0n) is 13.2. The quantitative estimate of drug-likeness (QED) is 0.769. The lowest BCUT2D eigenvalue weighted by atomic mass is 9.99. The molecular weight excluding hydrogens is 232 g/mol. The van der Waals surface area contributed by atoms with E-state index >= 15 is 0 Å². The SMILES string of the molecule is CCNCC(C)c1ccc(CN(C)C(C)CC)cc1. The van der Waals surface area contributed by atoms with Gasteiger partial charge in [-0.3, -0.25) is 4.90 Å². The van der Waals surface area contributed by atoms with Crippen molar-refractivity contribution < 1.29 is 0 Å². The first-order chi connectivity index (χ1) is 9.08. The van der Waals surface area contributed by atoms with Gasteiger partial charge in [-0.05, 0) is 44.0 Å². The Balaban J connectivity index is 2.56. The van der Waals surface area contributed by atoms with E-state index in [0.29, 0.717) is 12.0 Å². The molecule has 0 spiro atoms. The highest BCUT2D eigenvalue weighted by Gasteiger charge is 2.08. The predicted molar refractivity (Wildman–Crippen MR) is 84.6 cm³/mol. The van der Waals surface area contributed by atoms with Crippen molar-refractivity contribution in [3.63, 3.8) is 0 Å². The third-order valence-corrected chi connectivity index (χ3v) is 4.02. The van der Waals surface area contributed by atoms with Crippen LogP contribution in [0.1, 0.15) is 51.2 Å². The van der Waals surface area contributed by atoms with E-state index in [-0.39, 0.29) is 0 Å². The van der Waals surface area contributed by atoms with Crippen LogP contribution in [-0.2, 0) is 6.54 Å². The first-order valence-corrected chi connectivity index (χ1v) is 7.58. The van der Waals surface area contributed by atoms with Gasteiger partial charge in [0.1, 0.15) is 0 Å². The molecule has 0 amide bonds. The van der Waals surface area contributed by atoms with Crippen LogP contribution in [0.4, 0.5) is 0 Å². The average Bonchev–Trinajstić information content (AvgIpc) is 2.44. The summed E-state index contributed by atoms with van der Waals surface area (Å²) in [7, 11) is 2.20. The van der Waals surface area contributed by atoms with Crippen LogP contribution in [0.3, 0.4) is 0 Å². The minimum Gasteiger partial charge on any atom is -0.316 e. The van der Waals surface area contributed by atoms with E-state index in [1.54, 1.807) is 0 Å². The molecule has 1 aromatic carbocycles. The fraction of sp³-hybridized carbons (Fsp3) is 0.647. The number of rotatable bonds is 8. The van der Waals surface area contributed by atoms with E-state index in [2.05, 4.69) is 69.2 Å². The monoisotopic (exact) mass is 262 g/mol. The zero-order valence-corrected chi connectivity index (χ0v) is 13.2. The maximum Gasteiger partial charge on any atom is 0.0233 e. The van der Waals surface area contributed by atoms with Crippen molar-refractivity contribution >= 4 is 0 Å². The van der Waals surface area contributed by atoms with Crippen LogP contribution in [0, 0.1) is 0 Å². The van der Waals surface area contributed by atoms with Crippen molar-refractivity contribution in [1.29, 1.82) is 0 Å². The van der Waals surface area contributed by atoms with E-state index in [1.807, 2.05) is 0 Å². The molecule has 1 aromatic rings. The van der Waals surface area contributed by atoms with Crippen LogP contribution in [0.25, 0.3) is 0 Å². The highest BCUT2D eigenvalue weighted by molar-refractivity contribution is 5.25. The topological polar surface area (TPSA) is 15.3 Å². The number of likely N-dealkylation sites (N-methyl/N-ethyl adjacent to an activating group) is 1. The molecule has 2 heteroatoms. The molecule has 0 aliphatic rings. The summed E-state index contributed by atoms with van der Waals surface area (Å²) in [6.45, 7) is 12.1. The summed E-state index contributed by atoms with van der Waals surface area (Å²) in [4.78, 5) is 2.41. The molecule has 0 aliphatic carbocycles. The van der Waals surface area contributed by atoms with Gasteiger partial charge in [0.05, 0.1) is 0 Å². The Morgan fingerprint density at radius 3 is 2.26 bits per heavy atom. The van der Waals surface area contributed by atoms with Gasteiger partial charge in [0.25, 0.3) is 0 Å². The Morgan fingerprint density at radius 1 is 1.11 bits per heavy atom. The van der Waals surface area contributed by atoms with E-state index < -0.39 is 0 Å². The van der Waals surface area contributed by atoms with Gasteiger partial charge in [-0.1, -0.05) is 45.0 Å². The molecule has 1 rings (SSSR count). The summed E-state index contributed by atoms with van der Waals surface area (Å²) in [6, 6.07) is 9.75. The van der Waals surface area contributed by atoms with Crippen LogP contribution in [-0.4, -0.2) is 31.1 Å². The second-order valence-corrected chi connectivity index (χ2v) is 5.62. The molecular formula is C17H30N2. The molecule has 0 saturated carbocycles. The number of nitrogens with one attached hydrogen (secondary N) is 1. The molecule has 0 aliphatic heterocycles. The molecule has 2 unspecified atom stereocenters. The Hall–Kier alpha value is -0.860. The zero-order chi connectivity index (χ0) is 14.3. The van der Waals surface area contributed by atoms with Crippen molar-refractivity contribution in [3.8, 4) is 0 Å². The second-order valence-electron chi connectivity index (χ2n) is 5.62. The molecule has 0 heterocycles. The summed E-state index contributed by atoms with van der Waals surface area (Å²) in [5.74, 6) is 0.585. The molecule has 0 radical (unpaired) electrons. The van der Waals surface area contributed by atoms with Gasteiger partial charge in [0.15, 0.2) is 0 Å². The van der Waals surface area contributed by atoms with E-state index in [1.165, 1.54) is 17.5 Å². The average molecular weight is 262 g/mol. The van der Waals surface area contributed by atoms with Gasteiger partial charge >= 0.3 is 0 Å². The van der Waals surface area contributed by atoms with Gasteiger partial charge in [-0.2, -0.15) is 0 Å². The molecule has 0 bridgehead atoms. The second kappa shape index (κ2) is 8.34. The standard InChI is InChI=1S/C17H30N2/c1-6-15(4)19(5)13-16-8-10-17(11-9-16)14(3)12-18-7-2/h8-11,14-15,18H,6-7,12-13H2,1-5H3. The lowest BCUT2D eigenvalue weighted by Crippen LogP contribution is -2.27. The van der Waals surface area contributed by atoms with Crippen LogP contribution in [0.5, 0.6) is 0 Å². The lowest BCUT2D eigenvalue weighted by Gasteiger charge is -2.23. The highest BCUT2D eigenvalue weighted by atomic mass is 15.1. The van der Waals surface area contributed by atoms with Crippen molar-refractivity contribution in [1.82, 2.24) is 10.2 Å². The van der Waals surface area contributed by atoms with Gasteiger partial charge in [0.2, 0.25) is 0 Å². The van der Waals surface area contributed by atoms with Crippen LogP contribution in [0.2, 0.25) is 0 Å². The third-order valence-electron chi connectivity index (χ3n) is 4.02. The fourth-order valence-corrected chi connectivity index (χ4v) is 2.19. The summed E-state index contributed by atoms with van der Waals surface area (Å²) < 4.78 is 0. The van der Waals surface area contributed by atoms with Crippen molar-refractivity contribution in [2.24, 2.45) is 0 Å². The summed E-state index contributed by atoms with van der Waals surface area (Å²) in [5.41, 5.74) is 2.83. The summed E-state index contributed by atoms with van der Waals surface area (Å²) in [5, 5.41) is 3.41. The molecule has 0 saturated heterocycles. The molecule has 19 heavy (non-hydrogen) atoms. The van der Waals surface area contributed by atoms with Crippen LogP contribution in [0.15, 0.2) is 24.3 Å². The van der Waals surface area contributed by atoms with Gasteiger partial charge in [0, 0.05) is 19.1 Å². The van der Waals surface area contributed by atoms with Crippen LogP contribution < -0.4 is 5.32 Å². The minimum absolute atomic E-state index is 0.585. The van der Waals surface area contributed by atoms with Gasteiger partial charge in [-0.25, -0.2) is 0 Å². The first-order valence-electron chi connectivity index (χ1n) is 7.58. The van der Waals surface area contributed by atoms with Gasteiger partial charge < -0.3 is 5.32 Å². The molecule has 2 atom stereocenters. The predicted octanol–water partition coefficient (Wildman–Crippen LogP) is 3.63. The number of nitrogens with zero attached hydrogens (tertiary/aromatic N) is 1. The molecule has 0 aromatic heterocycles. The maximum absolute atomic E-state index is 3.41. The Morgan fingerprint density at radius 2 is 1.74 bits per heavy atom. The smallest absolute Gasteiger partial charge is 0.0233 e. The summed E-state index contributed by atoms with van der Waals surface area (Å²) in [6.07, 6.45) is 1.20. The van der Waals surface area contributed by atoms with E-state index in [0.717, 1.165) is 19.6 Å². The minimum atomic E-state index is 0.585. The molecule has 108 valence electrons. The van der Waals surface area contributed by atoms with Crippen LogP contribution >= 0.6 is 0 Å². The molecule has 1 N–H and O–H groups in total. The fourth-order valence-electron chi connectivity index (χ4n) is 2.19.